The van der Waals surface area contributed by atoms with Crippen molar-refractivity contribution in [3.05, 3.63) is 100 Å². The standard InChI is InChI=1S/C27H24BrN3O2S/c1-3-32-20-10-7-18(8-11-20)23-13-14-24(33-23)26-25(22-6-4-5-15-29-22)30-27(34)31(26)19-9-12-21(28)17(2)16-19/h4-16,25-26H,3H2,1-2H3,(H,30,34). The Morgan fingerprint density at radius 3 is 2.62 bits per heavy atom. The first-order valence-corrected chi connectivity index (χ1v) is 12.3. The molecule has 0 radical (unpaired) electrons. The molecule has 172 valence electrons. The Morgan fingerprint density at radius 1 is 1.09 bits per heavy atom. The number of nitrogens with one attached hydrogen (secondary N) is 1. The Morgan fingerprint density at radius 2 is 1.91 bits per heavy atom. The highest BCUT2D eigenvalue weighted by atomic mass is 79.9. The van der Waals surface area contributed by atoms with Crippen LogP contribution in [0.4, 0.5) is 5.69 Å². The minimum absolute atomic E-state index is 0.156. The molecule has 2 unspecified atom stereocenters. The van der Waals surface area contributed by atoms with E-state index >= 15 is 0 Å². The van der Waals surface area contributed by atoms with Crippen LogP contribution in [0.15, 0.2) is 87.9 Å². The van der Waals surface area contributed by atoms with Crippen molar-refractivity contribution in [3.8, 4) is 17.1 Å². The van der Waals surface area contributed by atoms with E-state index in [-0.39, 0.29) is 12.1 Å². The molecule has 1 aliphatic heterocycles. The Bertz CT molecular complexity index is 1310. The van der Waals surface area contributed by atoms with Crippen molar-refractivity contribution >= 4 is 38.9 Å². The van der Waals surface area contributed by atoms with Crippen LogP contribution in [0.25, 0.3) is 11.3 Å². The van der Waals surface area contributed by atoms with Gasteiger partial charge in [0.05, 0.1) is 18.3 Å². The third-order valence-corrected chi connectivity index (χ3v) is 7.09. The maximum atomic E-state index is 6.44. The lowest BCUT2D eigenvalue weighted by molar-refractivity contribution is 0.340. The van der Waals surface area contributed by atoms with E-state index in [0.717, 1.165) is 44.3 Å². The molecule has 0 amide bonds. The van der Waals surface area contributed by atoms with E-state index in [2.05, 4.69) is 50.2 Å². The third-order valence-electron chi connectivity index (χ3n) is 5.89. The summed E-state index contributed by atoms with van der Waals surface area (Å²) in [5, 5.41) is 4.12. The number of aryl methyl sites for hydroxylation is 1. The fourth-order valence-corrected chi connectivity index (χ4v) is 4.84. The van der Waals surface area contributed by atoms with Gasteiger partial charge in [-0.15, -0.1) is 0 Å². The van der Waals surface area contributed by atoms with Crippen molar-refractivity contribution in [2.45, 2.75) is 25.9 Å². The fraction of sp³-hybridized carbons (Fsp3) is 0.185. The second-order valence-electron chi connectivity index (χ2n) is 8.09. The average molecular weight is 534 g/mol. The van der Waals surface area contributed by atoms with Gasteiger partial charge in [0.15, 0.2) is 5.11 Å². The molecule has 2 aromatic heterocycles. The maximum absolute atomic E-state index is 6.44. The van der Waals surface area contributed by atoms with Gasteiger partial charge >= 0.3 is 0 Å². The lowest BCUT2D eigenvalue weighted by atomic mass is 10.0. The van der Waals surface area contributed by atoms with Crippen molar-refractivity contribution in [1.29, 1.82) is 0 Å². The number of ether oxygens (including phenoxy) is 1. The predicted molar refractivity (Wildman–Crippen MR) is 142 cm³/mol. The zero-order chi connectivity index (χ0) is 23.7. The van der Waals surface area contributed by atoms with Gasteiger partial charge in [0, 0.05) is 21.9 Å². The van der Waals surface area contributed by atoms with Crippen LogP contribution in [-0.2, 0) is 0 Å². The molecule has 0 spiro atoms. The maximum Gasteiger partial charge on any atom is 0.174 e. The van der Waals surface area contributed by atoms with Crippen molar-refractivity contribution in [2.75, 3.05) is 11.5 Å². The van der Waals surface area contributed by atoms with Gasteiger partial charge in [-0.2, -0.15) is 0 Å². The van der Waals surface area contributed by atoms with Crippen LogP contribution in [0.2, 0.25) is 0 Å². The van der Waals surface area contributed by atoms with Gasteiger partial charge in [-0.25, -0.2) is 0 Å². The number of rotatable bonds is 6. The first kappa shape index (κ1) is 22.6. The highest BCUT2D eigenvalue weighted by molar-refractivity contribution is 9.10. The van der Waals surface area contributed by atoms with E-state index in [1.807, 2.05) is 67.6 Å². The summed E-state index contributed by atoms with van der Waals surface area (Å²) in [5.41, 5.74) is 4.03. The summed E-state index contributed by atoms with van der Waals surface area (Å²) < 4.78 is 13.1. The molecule has 1 fully saturated rings. The van der Waals surface area contributed by atoms with Crippen LogP contribution in [0.3, 0.4) is 0 Å². The molecular formula is C27H24BrN3O2S. The van der Waals surface area contributed by atoms with Crippen LogP contribution < -0.4 is 15.0 Å². The van der Waals surface area contributed by atoms with E-state index in [9.17, 15) is 0 Å². The topological polar surface area (TPSA) is 50.5 Å². The largest absolute Gasteiger partial charge is 0.494 e. The van der Waals surface area contributed by atoms with E-state index in [1.54, 1.807) is 6.20 Å². The van der Waals surface area contributed by atoms with Crippen molar-refractivity contribution in [1.82, 2.24) is 10.3 Å². The number of nitrogens with zero attached hydrogens (tertiary/aromatic N) is 2. The lowest BCUT2D eigenvalue weighted by Crippen LogP contribution is -2.29. The predicted octanol–water partition coefficient (Wildman–Crippen LogP) is 6.99. The molecule has 34 heavy (non-hydrogen) atoms. The number of aromatic nitrogens is 1. The van der Waals surface area contributed by atoms with Gasteiger partial charge < -0.3 is 19.4 Å². The van der Waals surface area contributed by atoms with Crippen LogP contribution in [-0.4, -0.2) is 16.7 Å². The molecule has 0 saturated carbocycles. The first-order valence-electron chi connectivity index (χ1n) is 11.1. The van der Waals surface area contributed by atoms with Crippen molar-refractivity contribution < 1.29 is 9.15 Å². The van der Waals surface area contributed by atoms with E-state index < -0.39 is 0 Å². The smallest absolute Gasteiger partial charge is 0.174 e. The van der Waals surface area contributed by atoms with Crippen molar-refractivity contribution in [3.63, 3.8) is 0 Å². The summed E-state index contributed by atoms with van der Waals surface area (Å²) in [4.78, 5) is 6.73. The number of thiocarbonyl (C=S) groups is 1. The Hall–Kier alpha value is -3.16. The molecule has 7 heteroatoms. The zero-order valence-corrected chi connectivity index (χ0v) is 21.3. The van der Waals surface area contributed by atoms with Crippen LogP contribution in [0.1, 0.15) is 36.0 Å². The monoisotopic (exact) mass is 533 g/mol. The number of halogens is 1. The third kappa shape index (κ3) is 4.33. The number of anilines is 1. The summed E-state index contributed by atoms with van der Waals surface area (Å²) in [5.74, 6) is 2.45. The summed E-state index contributed by atoms with van der Waals surface area (Å²) in [6.07, 6.45) is 1.80. The molecule has 5 rings (SSSR count). The molecule has 1 aliphatic rings. The highest BCUT2D eigenvalue weighted by Crippen LogP contribution is 2.43. The van der Waals surface area contributed by atoms with Gasteiger partial charge in [0.2, 0.25) is 0 Å². The molecule has 5 nitrogen and oxygen atoms in total. The lowest BCUT2D eigenvalue weighted by Gasteiger charge is -2.26. The fourth-order valence-electron chi connectivity index (χ4n) is 4.25. The van der Waals surface area contributed by atoms with Crippen LogP contribution in [0.5, 0.6) is 5.75 Å². The number of hydrogen-bond donors (Lipinski definition) is 1. The van der Waals surface area contributed by atoms with Gasteiger partial charge in [-0.1, -0.05) is 22.0 Å². The van der Waals surface area contributed by atoms with Gasteiger partial charge in [0.1, 0.15) is 23.3 Å². The summed E-state index contributed by atoms with van der Waals surface area (Å²) in [6, 6.07) is 23.8. The number of hydrogen-bond acceptors (Lipinski definition) is 4. The molecule has 3 heterocycles. The normalized spacial score (nSPS) is 17.6. The van der Waals surface area contributed by atoms with E-state index in [4.69, 9.17) is 21.4 Å². The van der Waals surface area contributed by atoms with Crippen LogP contribution in [0, 0.1) is 6.92 Å². The molecule has 2 atom stereocenters. The summed E-state index contributed by atoms with van der Waals surface area (Å²) >= 11 is 9.41. The Balaban J connectivity index is 1.55. The minimum atomic E-state index is -0.195. The zero-order valence-electron chi connectivity index (χ0n) is 18.9. The summed E-state index contributed by atoms with van der Waals surface area (Å²) in [6.45, 7) is 4.69. The SMILES string of the molecule is CCOc1ccc(-c2ccc(C3C(c4ccccn4)NC(=S)N3c3ccc(Br)c(C)c3)o2)cc1. The molecule has 1 N–H and O–H groups in total. The second kappa shape index (κ2) is 9.60. The van der Waals surface area contributed by atoms with Crippen molar-refractivity contribution in [2.24, 2.45) is 0 Å². The van der Waals surface area contributed by atoms with Gasteiger partial charge in [0.25, 0.3) is 0 Å². The second-order valence-corrected chi connectivity index (χ2v) is 9.33. The van der Waals surface area contributed by atoms with E-state index in [1.165, 1.54) is 0 Å². The number of pyridine rings is 1. The first-order chi connectivity index (χ1) is 16.5. The van der Waals surface area contributed by atoms with Gasteiger partial charge in [-0.05, 0) is 98.4 Å². The Kier molecular flexibility index (Phi) is 6.39. The summed E-state index contributed by atoms with van der Waals surface area (Å²) in [7, 11) is 0. The molecule has 1 saturated heterocycles. The quantitative estimate of drug-likeness (QED) is 0.269. The molecule has 0 bridgehead atoms. The minimum Gasteiger partial charge on any atom is -0.494 e. The number of furan rings is 1. The average Bonchev–Trinajstić information content (AvgIpc) is 3.47. The molecule has 4 aromatic rings. The highest BCUT2D eigenvalue weighted by Gasteiger charge is 2.42. The molecule has 2 aromatic carbocycles. The van der Waals surface area contributed by atoms with Gasteiger partial charge in [-0.3, -0.25) is 4.98 Å². The van der Waals surface area contributed by atoms with E-state index in [0.29, 0.717) is 11.7 Å². The van der Waals surface area contributed by atoms with Crippen LogP contribution >= 0.6 is 28.1 Å². The Labute approximate surface area is 212 Å². The molecule has 0 aliphatic carbocycles. The number of benzene rings is 2. The molecular weight excluding hydrogens is 510 g/mol.